The maximum Gasteiger partial charge on any atom is 0.129 e. The van der Waals surface area contributed by atoms with E-state index in [1.807, 2.05) is 19.1 Å². The highest BCUT2D eigenvalue weighted by Gasteiger charge is 1.96. The van der Waals surface area contributed by atoms with Gasteiger partial charge in [-0.05, 0) is 18.6 Å². The molecule has 1 aromatic heterocycles. The molecule has 1 rings (SSSR count). The highest BCUT2D eigenvalue weighted by Crippen LogP contribution is 2.19. The van der Waals surface area contributed by atoms with Crippen molar-refractivity contribution in [1.82, 2.24) is 4.98 Å². The predicted octanol–water partition coefficient (Wildman–Crippen LogP) is 3.72. The van der Waals surface area contributed by atoms with Crippen LogP contribution < -0.4 is 0 Å². The van der Waals surface area contributed by atoms with Gasteiger partial charge in [-0.25, -0.2) is 4.98 Å². The van der Waals surface area contributed by atoms with E-state index in [1.165, 1.54) is 0 Å². The number of hydrogen-bond acceptors (Lipinski definition) is 1. The van der Waals surface area contributed by atoms with Gasteiger partial charge < -0.3 is 0 Å². The molecule has 0 spiro atoms. The van der Waals surface area contributed by atoms with Crippen LogP contribution in [0.2, 0.25) is 5.15 Å². The molecule has 0 fully saturated rings. The van der Waals surface area contributed by atoms with Gasteiger partial charge in [-0.1, -0.05) is 36.2 Å². The topological polar surface area (TPSA) is 12.9 Å². The van der Waals surface area contributed by atoms with Crippen LogP contribution in [0.3, 0.4) is 0 Å². The fraction of sp³-hybridized carbons (Fsp3) is 0.222. The Morgan fingerprint density at radius 3 is 2.83 bits per heavy atom. The molecule has 12 heavy (non-hydrogen) atoms. The van der Waals surface area contributed by atoms with E-state index in [4.69, 9.17) is 23.2 Å². The zero-order valence-electron chi connectivity index (χ0n) is 6.72. The quantitative estimate of drug-likeness (QED) is 0.666. The van der Waals surface area contributed by atoms with Crippen molar-refractivity contribution in [3.8, 4) is 0 Å². The van der Waals surface area contributed by atoms with Gasteiger partial charge in [0.15, 0.2) is 0 Å². The van der Waals surface area contributed by atoms with E-state index in [0.717, 1.165) is 17.0 Å². The van der Waals surface area contributed by atoms with Gasteiger partial charge in [0, 0.05) is 16.8 Å². The maximum absolute atomic E-state index is 5.94. The van der Waals surface area contributed by atoms with Crippen molar-refractivity contribution in [2.75, 3.05) is 0 Å². The second kappa shape index (κ2) is 4.48. The molecule has 0 aliphatic carbocycles. The molecule has 3 heteroatoms. The smallest absolute Gasteiger partial charge is 0.129 e. The summed E-state index contributed by atoms with van der Waals surface area (Å²) in [5, 5.41) is 1.21. The van der Waals surface area contributed by atoms with Gasteiger partial charge in [0.25, 0.3) is 0 Å². The Bertz CT molecular complexity index is 277. The van der Waals surface area contributed by atoms with Gasteiger partial charge in [-0.2, -0.15) is 0 Å². The van der Waals surface area contributed by atoms with Gasteiger partial charge in [0.2, 0.25) is 0 Å². The first-order chi connectivity index (χ1) is 5.74. The zero-order chi connectivity index (χ0) is 8.97. The average Bonchev–Trinajstić information content (AvgIpc) is 2.06. The number of nitrogens with zero attached hydrogens (tertiary/aromatic N) is 1. The molecular formula is C9H9Cl2N. The first kappa shape index (κ1) is 9.56. The van der Waals surface area contributed by atoms with Crippen molar-refractivity contribution in [3.05, 3.63) is 35.1 Å². The lowest BCUT2D eigenvalue weighted by atomic mass is 10.2. The molecule has 0 radical (unpaired) electrons. The monoisotopic (exact) mass is 201 g/mol. The second-order valence-corrected chi connectivity index (χ2v) is 3.12. The van der Waals surface area contributed by atoms with Crippen LogP contribution in [0.1, 0.15) is 18.9 Å². The minimum absolute atomic E-state index is 0.486. The highest BCUT2D eigenvalue weighted by atomic mass is 35.5. The Kier molecular flexibility index (Phi) is 3.57. The van der Waals surface area contributed by atoms with E-state index in [1.54, 1.807) is 12.3 Å². The van der Waals surface area contributed by atoms with Crippen molar-refractivity contribution >= 4 is 28.2 Å². The summed E-state index contributed by atoms with van der Waals surface area (Å²) < 4.78 is 0. The molecule has 64 valence electrons. The lowest BCUT2D eigenvalue weighted by Crippen LogP contribution is -1.79. The molecule has 0 saturated heterocycles. The normalized spacial score (nSPS) is 11.8. The summed E-state index contributed by atoms with van der Waals surface area (Å²) in [5.74, 6) is 0. The number of hydrogen-bond donors (Lipinski definition) is 0. The summed E-state index contributed by atoms with van der Waals surface area (Å²) in [6.45, 7) is 2.03. The van der Waals surface area contributed by atoms with Crippen molar-refractivity contribution in [2.24, 2.45) is 0 Å². The molecule has 1 aromatic rings. The number of rotatable bonds is 2. The predicted molar refractivity (Wildman–Crippen MR) is 53.4 cm³/mol. The molecule has 0 N–H and O–H groups in total. The Morgan fingerprint density at radius 1 is 1.58 bits per heavy atom. The van der Waals surface area contributed by atoms with Crippen LogP contribution >= 0.6 is 23.2 Å². The molecule has 0 aliphatic heterocycles. The first-order valence-corrected chi connectivity index (χ1v) is 4.47. The zero-order valence-corrected chi connectivity index (χ0v) is 8.23. The summed E-state index contributed by atoms with van der Waals surface area (Å²) in [4.78, 5) is 3.92. The first-order valence-electron chi connectivity index (χ1n) is 3.71. The van der Waals surface area contributed by atoms with Crippen LogP contribution in [-0.2, 0) is 0 Å². The highest BCUT2D eigenvalue weighted by molar-refractivity contribution is 6.48. The van der Waals surface area contributed by atoms with Crippen LogP contribution in [0.15, 0.2) is 24.4 Å². The largest absolute Gasteiger partial charge is 0.244 e. The van der Waals surface area contributed by atoms with E-state index < -0.39 is 0 Å². The molecular weight excluding hydrogens is 193 g/mol. The van der Waals surface area contributed by atoms with E-state index in [-0.39, 0.29) is 0 Å². The standard InChI is InChI=1S/C9H9Cl2N/c1-2-3-8(10)7-4-5-9(11)12-6-7/h3-6H,2H2,1H3/b8-3+. The third kappa shape index (κ3) is 2.50. The molecule has 0 saturated carbocycles. The SMILES string of the molecule is CC/C=C(/Cl)c1ccc(Cl)nc1. The van der Waals surface area contributed by atoms with Crippen LogP contribution in [0.4, 0.5) is 0 Å². The molecule has 0 bridgehead atoms. The molecule has 1 nitrogen and oxygen atoms in total. The van der Waals surface area contributed by atoms with Crippen molar-refractivity contribution in [1.29, 1.82) is 0 Å². The Morgan fingerprint density at radius 2 is 2.33 bits per heavy atom. The molecule has 0 aliphatic rings. The fourth-order valence-electron chi connectivity index (χ4n) is 0.814. The van der Waals surface area contributed by atoms with Crippen molar-refractivity contribution in [2.45, 2.75) is 13.3 Å². The Hall–Kier alpha value is -0.530. The van der Waals surface area contributed by atoms with Crippen molar-refractivity contribution < 1.29 is 0 Å². The molecule has 0 amide bonds. The summed E-state index contributed by atoms with van der Waals surface area (Å²) in [7, 11) is 0. The van der Waals surface area contributed by atoms with E-state index in [0.29, 0.717) is 5.15 Å². The number of pyridine rings is 1. The molecule has 0 unspecified atom stereocenters. The maximum atomic E-state index is 5.94. The van der Waals surface area contributed by atoms with E-state index in [9.17, 15) is 0 Å². The summed E-state index contributed by atoms with van der Waals surface area (Å²) in [6, 6.07) is 3.58. The van der Waals surface area contributed by atoms with Crippen LogP contribution in [0.25, 0.3) is 5.03 Å². The summed E-state index contributed by atoms with van der Waals surface area (Å²) >= 11 is 11.6. The van der Waals surface area contributed by atoms with Crippen molar-refractivity contribution in [3.63, 3.8) is 0 Å². The van der Waals surface area contributed by atoms with E-state index in [2.05, 4.69) is 4.98 Å². The van der Waals surface area contributed by atoms with Gasteiger partial charge in [0.05, 0.1) is 0 Å². The molecule has 0 aromatic carbocycles. The van der Waals surface area contributed by atoms with Crippen LogP contribution in [0.5, 0.6) is 0 Å². The van der Waals surface area contributed by atoms with E-state index >= 15 is 0 Å². The molecule has 0 atom stereocenters. The van der Waals surface area contributed by atoms with Crippen LogP contribution in [-0.4, -0.2) is 4.98 Å². The summed E-state index contributed by atoms with van der Waals surface area (Å²) in [6.07, 6.45) is 4.52. The fourth-order valence-corrected chi connectivity index (χ4v) is 1.19. The Balaban J connectivity index is 2.89. The lowest BCUT2D eigenvalue weighted by molar-refractivity contribution is 1.23. The van der Waals surface area contributed by atoms with Gasteiger partial charge in [0.1, 0.15) is 5.15 Å². The van der Waals surface area contributed by atoms with Gasteiger partial charge >= 0.3 is 0 Å². The lowest BCUT2D eigenvalue weighted by Gasteiger charge is -1.97. The number of aromatic nitrogens is 1. The Labute approximate surface area is 82.0 Å². The molecule has 1 heterocycles. The van der Waals surface area contributed by atoms with Gasteiger partial charge in [-0.15, -0.1) is 0 Å². The minimum atomic E-state index is 0.486. The average molecular weight is 202 g/mol. The second-order valence-electron chi connectivity index (χ2n) is 2.33. The third-order valence-corrected chi connectivity index (χ3v) is 1.98. The third-order valence-electron chi connectivity index (χ3n) is 1.39. The minimum Gasteiger partial charge on any atom is -0.244 e. The van der Waals surface area contributed by atoms with Crippen LogP contribution in [0, 0.1) is 0 Å². The summed E-state index contributed by atoms with van der Waals surface area (Å²) in [5.41, 5.74) is 0.905. The van der Waals surface area contributed by atoms with Gasteiger partial charge in [-0.3, -0.25) is 0 Å². The number of halogens is 2. The number of allylic oxidation sites excluding steroid dienone is 1.